The second-order valence-electron chi connectivity index (χ2n) is 3.41. The SMILES string of the molecule is COc1cnn(C2CCCCN2)c1Br. The topological polar surface area (TPSA) is 39.1 Å². The molecule has 14 heavy (non-hydrogen) atoms. The summed E-state index contributed by atoms with van der Waals surface area (Å²) in [5, 5.41) is 7.72. The summed E-state index contributed by atoms with van der Waals surface area (Å²) in [5.41, 5.74) is 0. The summed E-state index contributed by atoms with van der Waals surface area (Å²) in [6.45, 7) is 1.07. The molecule has 0 spiro atoms. The van der Waals surface area contributed by atoms with Crippen molar-refractivity contribution in [2.75, 3.05) is 13.7 Å². The van der Waals surface area contributed by atoms with Gasteiger partial charge in [-0.3, -0.25) is 5.32 Å². The Hall–Kier alpha value is -0.550. The van der Waals surface area contributed by atoms with Gasteiger partial charge in [0.1, 0.15) is 10.8 Å². The molecule has 1 N–H and O–H groups in total. The number of hydrogen-bond donors (Lipinski definition) is 1. The smallest absolute Gasteiger partial charge is 0.171 e. The molecule has 78 valence electrons. The van der Waals surface area contributed by atoms with E-state index in [9.17, 15) is 0 Å². The van der Waals surface area contributed by atoms with Crippen molar-refractivity contribution in [2.45, 2.75) is 25.4 Å². The summed E-state index contributed by atoms with van der Waals surface area (Å²) in [4.78, 5) is 0. The second-order valence-corrected chi connectivity index (χ2v) is 4.17. The Morgan fingerprint density at radius 1 is 1.64 bits per heavy atom. The first-order chi connectivity index (χ1) is 6.83. The molecule has 1 aliphatic rings. The lowest BCUT2D eigenvalue weighted by atomic mass is 10.1. The zero-order valence-electron chi connectivity index (χ0n) is 8.16. The highest BCUT2D eigenvalue weighted by Crippen LogP contribution is 2.28. The molecule has 1 unspecified atom stereocenters. The summed E-state index contributed by atoms with van der Waals surface area (Å²) in [6.07, 6.45) is 5.69. The molecule has 1 fully saturated rings. The molecule has 4 nitrogen and oxygen atoms in total. The van der Waals surface area contributed by atoms with Crippen LogP contribution >= 0.6 is 15.9 Å². The molecule has 0 aromatic carbocycles. The number of aromatic nitrogens is 2. The van der Waals surface area contributed by atoms with Crippen molar-refractivity contribution in [3.8, 4) is 5.75 Å². The highest BCUT2D eigenvalue weighted by molar-refractivity contribution is 9.10. The lowest BCUT2D eigenvalue weighted by molar-refractivity contribution is 0.292. The van der Waals surface area contributed by atoms with Crippen LogP contribution in [0.25, 0.3) is 0 Å². The Balaban J connectivity index is 2.18. The molecule has 0 bridgehead atoms. The fourth-order valence-corrected chi connectivity index (χ4v) is 2.33. The van der Waals surface area contributed by atoms with Gasteiger partial charge in [-0.15, -0.1) is 0 Å². The van der Waals surface area contributed by atoms with Gasteiger partial charge in [0.2, 0.25) is 0 Å². The minimum atomic E-state index is 0.307. The fourth-order valence-electron chi connectivity index (χ4n) is 1.73. The van der Waals surface area contributed by atoms with Gasteiger partial charge in [0.15, 0.2) is 5.75 Å². The van der Waals surface area contributed by atoms with Gasteiger partial charge in [0.05, 0.1) is 13.3 Å². The van der Waals surface area contributed by atoms with Crippen molar-refractivity contribution in [3.05, 3.63) is 10.8 Å². The van der Waals surface area contributed by atoms with E-state index in [0.29, 0.717) is 6.17 Å². The fraction of sp³-hybridized carbons (Fsp3) is 0.667. The van der Waals surface area contributed by atoms with Crippen LogP contribution in [0.4, 0.5) is 0 Å². The van der Waals surface area contributed by atoms with Crippen LogP contribution in [-0.4, -0.2) is 23.4 Å². The van der Waals surface area contributed by atoms with Gasteiger partial charge in [0, 0.05) is 0 Å². The first-order valence-corrected chi connectivity index (χ1v) is 5.62. The van der Waals surface area contributed by atoms with E-state index in [1.54, 1.807) is 13.3 Å². The Morgan fingerprint density at radius 3 is 3.07 bits per heavy atom. The van der Waals surface area contributed by atoms with Crippen LogP contribution in [0.2, 0.25) is 0 Å². The highest BCUT2D eigenvalue weighted by Gasteiger charge is 2.19. The third kappa shape index (κ3) is 1.79. The molecular weight excluding hydrogens is 246 g/mol. The van der Waals surface area contributed by atoms with Crippen molar-refractivity contribution in [3.63, 3.8) is 0 Å². The van der Waals surface area contributed by atoms with E-state index < -0.39 is 0 Å². The largest absolute Gasteiger partial charge is 0.492 e. The number of hydrogen-bond acceptors (Lipinski definition) is 3. The number of nitrogens with one attached hydrogen (secondary N) is 1. The minimum absolute atomic E-state index is 0.307. The van der Waals surface area contributed by atoms with E-state index in [0.717, 1.165) is 23.3 Å². The van der Waals surface area contributed by atoms with E-state index in [4.69, 9.17) is 4.74 Å². The predicted molar refractivity (Wildman–Crippen MR) is 57.4 cm³/mol. The third-order valence-corrected chi connectivity index (χ3v) is 3.26. The number of nitrogens with zero attached hydrogens (tertiary/aromatic N) is 2. The standard InChI is InChI=1S/C9H14BrN3O/c1-14-7-6-12-13(9(7)10)8-4-2-3-5-11-8/h6,8,11H,2-5H2,1H3. The summed E-state index contributed by atoms with van der Waals surface area (Å²) >= 11 is 3.48. The quantitative estimate of drug-likeness (QED) is 0.883. The van der Waals surface area contributed by atoms with Crippen molar-refractivity contribution in [2.24, 2.45) is 0 Å². The van der Waals surface area contributed by atoms with Crippen LogP contribution in [0.1, 0.15) is 25.4 Å². The molecular formula is C9H14BrN3O. The molecule has 1 aromatic rings. The summed E-state index contributed by atoms with van der Waals surface area (Å²) < 4.78 is 8.02. The highest BCUT2D eigenvalue weighted by atomic mass is 79.9. The molecule has 1 aromatic heterocycles. The van der Waals surface area contributed by atoms with Gasteiger partial charge in [0.25, 0.3) is 0 Å². The lowest BCUT2D eigenvalue weighted by Gasteiger charge is -2.24. The average Bonchev–Trinajstić information content (AvgIpc) is 2.61. The zero-order chi connectivity index (χ0) is 9.97. The number of halogens is 1. The van der Waals surface area contributed by atoms with Crippen molar-refractivity contribution in [1.82, 2.24) is 15.1 Å². The number of piperidine rings is 1. The predicted octanol–water partition coefficient (Wildman–Crippen LogP) is 1.93. The molecule has 2 heterocycles. The third-order valence-electron chi connectivity index (χ3n) is 2.50. The van der Waals surface area contributed by atoms with Crippen molar-refractivity contribution >= 4 is 15.9 Å². The van der Waals surface area contributed by atoms with Gasteiger partial charge in [-0.2, -0.15) is 5.10 Å². The van der Waals surface area contributed by atoms with Crippen LogP contribution in [0, 0.1) is 0 Å². The summed E-state index contributed by atoms with van der Waals surface area (Å²) in [7, 11) is 1.65. The van der Waals surface area contributed by atoms with Crippen molar-refractivity contribution in [1.29, 1.82) is 0 Å². The van der Waals surface area contributed by atoms with Gasteiger partial charge in [-0.1, -0.05) is 0 Å². The maximum atomic E-state index is 5.16. The molecule has 0 amide bonds. The molecule has 2 rings (SSSR count). The molecule has 1 atom stereocenters. The lowest BCUT2D eigenvalue weighted by Crippen LogP contribution is -2.32. The van der Waals surface area contributed by atoms with E-state index in [1.165, 1.54) is 12.8 Å². The summed E-state index contributed by atoms with van der Waals surface area (Å²) in [5.74, 6) is 0.789. The first kappa shape index (κ1) is 9.98. The number of rotatable bonds is 2. The molecule has 1 saturated heterocycles. The van der Waals surface area contributed by atoms with Crippen LogP contribution in [-0.2, 0) is 0 Å². The van der Waals surface area contributed by atoms with Gasteiger partial charge in [-0.05, 0) is 41.7 Å². The van der Waals surface area contributed by atoms with Crippen molar-refractivity contribution < 1.29 is 4.74 Å². The molecule has 0 aliphatic carbocycles. The maximum absolute atomic E-state index is 5.16. The zero-order valence-corrected chi connectivity index (χ0v) is 9.75. The Labute approximate surface area is 91.8 Å². The minimum Gasteiger partial charge on any atom is -0.492 e. The van der Waals surface area contributed by atoms with Gasteiger partial charge < -0.3 is 4.74 Å². The van der Waals surface area contributed by atoms with Gasteiger partial charge >= 0.3 is 0 Å². The Morgan fingerprint density at radius 2 is 2.50 bits per heavy atom. The van der Waals surface area contributed by atoms with Gasteiger partial charge in [-0.25, -0.2) is 4.68 Å². The normalized spacial score (nSPS) is 22.3. The average molecular weight is 260 g/mol. The van der Waals surface area contributed by atoms with E-state index in [2.05, 4.69) is 26.3 Å². The van der Waals surface area contributed by atoms with Crippen LogP contribution in [0.3, 0.4) is 0 Å². The molecule has 1 aliphatic heterocycles. The number of ether oxygens (including phenoxy) is 1. The molecule has 5 heteroatoms. The second kappa shape index (κ2) is 4.31. The van der Waals surface area contributed by atoms with E-state index in [1.807, 2.05) is 4.68 Å². The Bertz CT molecular complexity index is 307. The van der Waals surface area contributed by atoms with Crippen LogP contribution < -0.4 is 10.1 Å². The Kier molecular flexibility index (Phi) is 3.08. The monoisotopic (exact) mass is 259 g/mol. The first-order valence-electron chi connectivity index (χ1n) is 4.83. The number of methoxy groups -OCH3 is 1. The maximum Gasteiger partial charge on any atom is 0.171 e. The summed E-state index contributed by atoms with van der Waals surface area (Å²) in [6, 6.07) is 0. The van der Waals surface area contributed by atoms with Crippen LogP contribution in [0.5, 0.6) is 5.75 Å². The van der Waals surface area contributed by atoms with E-state index >= 15 is 0 Å². The van der Waals surface area contributed by atoms with E-state index in [-0.39, 0.29) is 0 Å². The molecule has 0 saturated carbocycles. The van der Waals surface area contributed by atoms with Crippen LogP contribution in [0.15, 0.2) is 10.8 Å². The molecule has 0 radical (unpaired) electrons.